The third-order valence-electron chi connectivity index (χ3n) is 3.89. The number of hydrogen-bond acceptors (Lipinski definition) is 3. The van der Waals surface area contributed by atoms with Crippen molar-refractivity contribution in [1.29, 1.82) is 0 Å². The van der Waals surface area contributed by atoms with Gasteiger partial charge in [-0.3, -0.25) is 4.79 Å². The molecule has 1 aromatic carbocycles. The van der Waals surface area contributed by atoms with Crippen LogP contribution in [0, 0.1) is 5.92 Å². The topological polar surface area (TPSA) is 43.1 Å². The summed E-state index contributed by atoms with van der Waals surface area (Å²) in [7, 11) is 0. The highest BCUT2D eigenvalue weighted by Gasteiger charge is 2.26. The van der Waals surface area contributed by atoms with Gasteiger partial charge in [0, 0.05) is 22.2 Å². The largest absolute Gasteiger partial charge is 0.328 e. The molecule has 0 amide bonds. The summed E-state index contributed by atoms with van der Waals surface area (Å²) >= 11 is 1.66. The fourth-order valence-electron chi connectivity index (χ4n) is 2.79. The fourth-order valence-corrected chi connectivity index (χ4v) is 3.71. The van der Waals surface area contributed by atoms with Crippen molar-refractivity contribution >= 4 is 27.2 Å². The van der Waals surface area contributed by atoms with Gasteiger partial charge in [-0.05, 0) is 48.6 Å². The normalized spacial score (nSPS) is 24.3. The first kappa shape index (κ1) is 11.9. The van der Waals surface area contributed by atoms with E-state index >= 15 is 0 Å². The van der Waals surface area contributed by atoms with Crippen LogP contribution in [-0.4, -0.2) is 11.8 Å². The third kappa shape index (κ3) is 2.08. The van der Waals surface area contributed by atoms with Crippen molar-refractivity contribution in [2.75, 3.05) is 0 Å². The van der Waals surface area contributed by atoms with E-state index in [1.165, 1.54) is 5.39 Å². The Morgan fingerprint density at radius 1 is 1.17 bits per heavy atom. The zero-order valence-corrected chi connectivity index (χ0v) is 11.1. The van der Waals surface area contributed by atoms with Gasteiger partial charge in [-0.1, -0.05) is 12.1 Å². The molecular weight excluding hydrogens is 242 g/mol. The lowest BCUT2D eigenvalue weighted by Gasteiger charge is -2.25. The first-order valence-electron chi connectivity index (χ1n) is 6.51. The average Bonchev–Trinajstić information content (AvgIpc) is 2.87. The Morgan fingerprint density at radius 3 is 2.72 bits per heavy atom. The highest BCUT2D eigenvalue weighted by molar-refractivity contribution is 7.17. The van der Waals surface area contributed by atoms with Crippen molar-refractivity contribution in [3.05, 3.63) is 35.2 Å². The third-order valence-corrected chi connectivity index (χ3v) is 4.85. The van der Waals surface area contributed by atoms with Crippen molar-refractivity contribution in [2.45, 2.75) is 31.7 Å². The summed E-state index contributed by atoms with van der Waals surface area (Å²) < 4.78 is 1.14. The lowest BCUT2D eigenvalue weighted by atomic mass is 9.82. The van der Waals surface area contributed by atoms with Crippen LogP contribution in [0.25, 0.3) is 10.1 Å². The van der Waals surface area contributed by atoms with E-state index in [4.69, 9.17) is 5.73 Å². The number of benzene rings is 1. The molecule has 1 aliphatic rings. The van der Waals surface area contributed by atoms with Crippen LogP contribution in [0.4, 0.5) is 0 Å². The van der Waals surface area contributed by atoms with Gasteiger partial charge in [0.25, 0.3) is 0 Å². The van der Waals surface area contributed by atoms with E-state index in [2.05, 4.69) is 17.5 Å². The summed E-state index contributed by atoms with van der Waals surface area (Å²) in [5, 5.41) is 3.23. The summed E-state index contributed by atoms with van der Waals surface area (Å²) in [5.41, 5.74) is 6.81. The molecule has 1 saturated carbocycles. The summed E-state index contributed by atoms with van der Waals surface area (Å²) in [6.45, 7) is 0. The van der Waals surface area contributed by atoms with Gasteiger partial charge in [-0.25, -0.2) is 0 Å². The second-order valence-electron chi connectivity index (χ2n) is 5.12. The predicted molar refractivity (Wildman–Crippen MR) is 76.1 cm³/mol. The highest BCUT2D eigenvalue weighted by atomic mass is 32.1. The van der Waals surface area contributed by atoms with Crippen molar-refractivity contribution in [3.63, 3.8) is 0 Å². The van der Waals surface area contributed by atoms with Crippen LogP contribution in [-0.2, 0) is 0 Å². The molecule has 1 fully saturated rings. The molecule has 1 aromatic heterocycles. The van der Waals surface area contributed by atoms with E-state index in [0.717, 1.165) is 35.9 Å². The van der Waals surface area contributed by atoms with Crippen LogP contribution in [0.15, 0.2) is 29.6 Å². The second-order valence-corrected chi connectivity index (χ2v) is 6.04. The van der Waals surface area contributed by atoms with Gasteiger partial charge in [-0.15, -0.1) is 11.3 Å². The van der Waals surface area contributed by atoms with Crippen LogP contribution < -0.4 is 5.73 Å². The van der Waals surface area contributed by atoms with Gasteiger partial charge in [0.1, 0.15) is 0 Å². The van der Waals surface area contributed by atoms with E-state index in [0.29, 0.717) is 11.8 Å². The van der Waals surface area contributed by atoms with Gasteiger partial charge < -0.3 is 5.73 Å². The maximum atomic E-state index is 12.6. The predicted octanol–water partition coefficient (Wildman–Crippen LogP) is 3.60. The number of nitrogens with two attached hydrogens (primary N) is 1. The summed E-state index contributed by atoms with van der Waals surface area (Å²) in [6, 6.07) is 8.39. The van der Waals surface area contributed by atoms with E-state index in [-0.39, 0.29) is 5.92 Å². The van der Waals surface area contributed by atoms with Crippen molar-refractivity contribution in [3.8, 4) is 0 Å². The molecule has 3 heteroatoms. The van der Waals surface area contributed by atoms with Gasteiger partial charge in [-0.2, -0.15) is 0 Å². The Bertz CT molecular complexity index is 567. The minimum atomic E-state index is 0.178. The monoisotopic (exact) mass is 259 g/mol. The molecular formula is C15H17NOS. The lowest BCUT2D eigenvalue weighted by molar-refractivity contribution is 0.0886. The number of carbonyl (C=O) groups excluding carboxylic acids is 1. The molecule has 0 spiro atoms. The standard InChI is InChI=1S/C15H17NOS/c16-12-6-4-10(5-7-12)14(17)13-3-1-2-11-8-9-18-15(11)13/h1-3,8-10,12H,4-7,16H2. The molecule has 0 aliphatic heterocycles. The van der Waals surface area contributed by atoms with Crippen LogP contribution in [0.1, 0.15) is 36.0 Å². The Morgan fingerprint density at radius 2 is 1.94 bits per heavy atom. The number of Topliss-reactive ketones (excluding diaryl/α,β-unsaturated/α-hetero) is 1. The molecule has 94 valence electrons. The van der Waals surface area contributed by atoms with Gasteiger partial charge >= 0.3 is 0 Å². The molecule has 0 unspecified atom stereocenters. The van der Waals surface area contributed by atoms with Crippen molar-refractivity contribution < 1.29 is 4.79 Å². The highest BCUT2D eigenvalue weighted by Crippen LogP contribution is 2.31. The van der Waals surface area contributed by atoms with E-state index in [1.54, 1.807) is 11.3 Å². The molecule has 1 aliphatic carbocycles. The van der Waals surface area contributed by atoms with Crippen molar-refractivity contribution in [2.24, 2.45) is 11.7 Å². The maximum absolute atomic E-state index is 12.6. The molecule has 2 nitrogen and oxygen atoms in total. The molecule has 0 bridgehead atoms. The van der Waals surface area contributed by atoms with Gasteiger partial charge in [0.2, 0.25) is 0 Å². The van der Waals surface area contributed by atoms with E-state index in [9.17, 15) is 4.79 Å². The first-order chi connectivity index (χ1) is 8.75. The first-order valence-corrected chi connectivity index (χ1v) is 7.39. The lowest BCUT2D eigenvalue weighted by Crippen LogP contribution is -2.29. The van der Waals surface area contributed by atoms with Crippen LogP contribution in [0.3, 0.4) is 0 Å². The number of hydrogen-bond donors (Lipinski definition) is 1. The summed E-state index contributed by atoms with van der Waals surface area (Å²) in [4.78, 5) is 12.6. The summed E-state index contributed by atoms with van der Waals surface area (Å²) in [5.74, 6) is 0.493. The molecule has 3 rings (SSSR count). The second kappa shape index (κ2) is 4.82. The molecule has 2 aromatic rings. The number of thiophene rings is 1. The van der Waals surface area contributed by atoms with E-state index in [1.807, 2.05) is 12.1 Å². The van der Waals surface area contributed by atoms with Crippen LogP contribution in [0.5, 0.6) is 0 Å². The molecule has 0 radical (unpaired) electrons. The number of fused-ring (bicyclic) bond motifs is 1. The molecule has 0 saturated heterocycles. The Hall–Kier alpha value is -1.19. The number of carbonyl (C=O) groups is 1. The maximum Gasteiger partial charge on any atom is 0.167 e. The Labute approximate surface area is 111 Å². The minimum Gasteiger partial charge on any atom is -0.328 e. The quantitative estimate of drug-likeness (QED) is 0.837. The minimum absolute atomic E-state index is 0.178. The smallest absolute Gasteiger partial charge is 0.167 e. The average molecular weight is 259 g/mol. The van der Waals surface area contributed by atoms with Crippen molar-refractivity contribution in [1.82, 2.24) is 0 Å². The Kier molecular flexibility index (Phi) is 3.18. The number of rotatable bonds is 2. The Balaban J connectivity index is 1.90. The fraction of sp³-hybridized carbons (Fsp3) is 0.400. The number of ketones is 1. The molecule has 18 heavy (non-hydrogen) atoms. The summed E-state index contributed by atoms with van der Waals surface area (Å²) in [6.07, 6.45) is 3.86. The SMILES string of the molecule is NC1CCC(C(=O)c2cccc3ccsc23)CC1. The van der Waals surface area contributed by atoms with Gasteiger partial charge in [0.15, 0.2) is 5.78 Å². The van der Waals surface area contributed by atoms with Gasteiger partial charge in [0.05, 0.1) is 0 Å². The zero-order chi connectivity index (χ0) is 12.5. The molecule has 1 heterocycles. The van der Waals surface area contributed by atoms with E-state index < -0.39 is 0 Å². The van der Waals surface area contributed by atoms with Crippen LogP contribution in [0.2, 0.25) is 0 Å². The molecule has 2 N–H and O–H groups in total. The molecule has 0 atom stereocenters. The van der Waals surface area contributed by atoms with Crippen LogP contribution >= 0.6 is 11.3 Å². The zero-order valence-electron chi connectivity index (χ0n) is 10.3.